The van der Waals surface area contributed by atoms with E-state index < -0.39 is 0 Å². The number of pyridine rings is 2. The van der Waals surface area contributed by atoms with E-state index in [1.165, 1.54) is 5.69 Å². The van der Waals surface area contributed by atoms with Gasteiger partial charge >= 0.3 is 0 Å². The molecule has 1 aromatic carbocycles. The number of rotatable bonds is 2. The van der Waals surface area contributed by atoms with Crippen molar-refractivity contribution in [2.24, 2.45) is 0 Å². The number of hydrogen-bond acceptors (Lipinski definition) is 5. The van der Waals surface area contributed by atoms with Crippen LogP contribution in [0.2, 0.25) is 0 Å². The zero-order valence-corrected chi connectivity index (χ0v) is 14.3. The molecule has 4 heterocycles. The Balaban J connectivity index is 1.53. The number of ether oxygens (including phenoxy) is 1. The van der Waals surface area contributed by atoms with Crippen LogP contribution in [0.3, 0.4) is 0 Å². The number of aromatic amines is 1. The first-order chi connectivity index (χ1) is 12.8. The summed E-state index contributed by atoms with van der Waals surface area (Å²) in [6.45, 7) is 3.47. The van der Waals surface area contributed by atoms with Gasteiger partial charge in [0.1, 0.15) is 11.5 Å². The van der Waals surface area contributed by atoms with Crippen molar-refractivity contribution in [1.29, 1.82) is 0 Å². The molecule has 6 heteroatoms. The Morgan fingerprint density at radius 3 is 2.54 bits per heavy atom. The summed E-state index contributed by atoms with van der Waals surface area (Å²) in [4.78, 5) is 14.4. The molecule has 6 nitrogen and oxygen atoms in total. The van der Waals surface area contributed by atoms with Crippen molar-refractivity contribution in [2.45, 2.75) is 0 Å². The fourth-order valence-electron chi connectivity index (χ4n) is 3.54. The van der Waals surface area contributed by atoms with Crippen molar-refractivity contribution < 1.29 is 4.74 Å². The third kappa shape index (κ3) is 2.55. The van der Waals surface area contributed by atoms with Crippen LogP contribution in [0.1, 0.15) is 0 Å². The van der Waals surface area contributed by atoms with Gasteiger partial charge in [-0.1, -0.05) is 12.1 Å². The number of anilines is 2. The van der Waals surface area contributed by atoms with Gasteiger partial charge in [0.05, 0.1) is 24.9 Å². The van der Waals surface area contributed by atoms with Crippen molar-refractivity contribution in [1.82, 2.24) is 15.0 Å². The van der Waals surface area contributed by atoms with E-state index in [0.717, 1.165) is 59.4 Å². The molecule has 3 N–H and O–H groups in total. The van der Waals surface area contributed by atoms with Crippen LogP contribution in [0.4, 0.5) is 11.5 Å². The molecule has 0 atom stereocenters. The van der Waals surface area contributed by atoms with Gasteiger partial charge in [-0.2, -0.15) is 0 Å². The van der Waals surface area contributed by atoms with Crippen molar-refractivity contribution in [3.05, 3.63) is 48.8 Å². The quantitative estimate of drug-likeness (QED) is 0.583. The summed E-state index contributed by atoms with van der Waals surface area (Å²) in [5.74, 6) is 0.513. The Kier molecular flexibility index (Phi) is 3.50. The Morgan fingerprint density at radius 2 is 1.73 bits per heavy atom. The fraction of sp³-hybridized carbons (Fsp3) is 0.200. The van der Waals surface area contributed by atoms with Crippen molar-refractivity contribution >= 4 is 33.4 Å². The molecule has 4 aromatic rings. The monoisotopic (exact) mass is 345 g/mol. The van der Waals surface area contributed by atoms with Crippen LogP contribution in [0.25, 0.3) is 33.1 Å². The van der Waals surface area contributed by atoms with Crippen molar-refractivity contribution in [2.75, 3.05) is 36.9 Å². The Morgan fingerprint density at radius 1 is 0.923 bits per heavy atom. The van der Waals surface area contributed by atoms with Gasteiger partial charge in [-0.25, -0.2) is 9.97 Å². The molecule has 0 amide bonds. The Bertz CT molecular complexity index is 1080. The number of H-pyrrole nitrogens is 1. The van der Waals surface area contributed by atoms with Gasteiger partial charge in [-0.05, 0) is 29.8 Å². The van der Waals surface area contributed by atoms with Crippen LogP contribution in [0.15, 0.2) is 48.8 Å². The third-order valence-corrected chi connectivity index (χ3v) is 4.93. The van der Waals surface area contributed by atoms with E-state index in [1.807, 2.05) is 12.3 Å². The van der Waals surface area contributed by atoms with E-state index in [0.29, 0.717) is 5.82 Å². The van der Waals surface area contributed by atoms with Crippen LogP contribution >= 0.6 is 0 Å². The first kappa shape index (κ1) is 15.2. The molecule has 0 bridgehead atoms. The van der Waals surface area contributed by atoms with Crippen LogP contribution < -0.4 is 10.6 Å². The molecule has 1 saturated heterocycles. The topological polar surface area (TPSA) is 80.1 Å². The minimum atomic E-state index is 0.513. The molecule has 26 heavy (non-hydrogen) atoms. The Labute approximate surface area is 150 Å². The average Bonchev–Trinajstić information content (AvgIpc) is 3.06. The zero-order chi connectivity index (χ0) is 17.5. The minimum Gasteiger partial charge on any atom is -0.384 e. The normalized spacial score (nSPS) is 15.0. The molecule has 1 fully saturated rings. The number of hydrogen-bond donors (Lipinski definition) is 2. The molecule has 3 aromatic heterocycles. The van der Waals surface area contributed by atoms with Gasteiger partial charge < -0.3 is 20.4 Å². The molecule has 0 spiro atoms. The van der Waals surface area contributed by atoms with Gasteiger partial charge in [-0.15, -0.1) is 0 Å². The summed E-state index contributed by atoms with van der Waals surface area (Å²) < 4.78 is 5.42. The maximum absolute atomic E-state index is 5.85. The van der Waals surface area contributed by atoms with E-state index in [9.17, 15) is 0 Å². The van der Waals surface area contributed by atoms with Gasteiger partial charge in [0.15, 0.2) is 0 Å². The molecular weight excluding hydrogens is 326 g/mol. The summed E-state index contributed by atoms with van der Waals surface area (Å²) in [7, 11) is 0. The molecule has 0 aliphatic carbocycles. The van der Waals surface area contributed by atoms with E-state index in [1.54, 1.807) is 6.20 Å². The van der Waals surface area contributed by atoms with Crippen molar-refractivity contribution in [3.8, 4) is 11.1 Å². The number of nitrogens with two attached hydrogens (primary N) is 1. The molecule has 1 aliphatic rings. The average molecular weight is 345 g/mol. The lowest BCUT2D eigenvalue weighted by molar-refractivity contribution is 0.122. The maximum Gasteiger partial charge on any atom is 0.138 e. The molecule has 130 valence electrons. The molecule has 0 radical (unpaired) electrons. The molecular formula is C20H19N5O. The predicted octanol–water partition coefficient (Wildman–Crippen LogP) is 3.20. The largest absolute Gasteiger partial charge is 0.384 e. The van der Waals surface area contributed by atoms with Crippen LogP contribution in [-0.2, 0) is 4.74 Å². The lowest BCUT2D eigenvalue weighted by Gasteiger charge is -2.28. The van der Waals surface area contributed by atoms with Crippen molar-refractivity contribution in [3.63, 3.8) is 0 Å². The summed E-state index contributed by atoms with van der Waals surface area (Å²) in [6.07, 6.45) is 3.65. The maximum atomic E-state index is 5.85. The second-order valence-electron chi connectivity index (χ2n) is 6.55. The summed E-state index contributed by atoms with van der Waals surface area (Å²) in [5.41, 5.74) is 11.1. The third-order valence-electron chi connectivity index (χ3n) is 4.93. The first-order valence-corrected chi connectivity index (χ1v) is 8.74. The number of benzene rings is 1. The highest BCUT2D eigenvalue weighted by Gasteiger charge is 2.12. The predicted molar refractivity (Wildman–Crippen MR) is 104 cm³/mol. The van der Waals surface area contributed by atoms with E-state index >= 15 is 0 Å². The number of aromatic nitrogens is 3. The number of fused-ring (bicyclic) bond motifs is 3. The zero-order valence-electron chi connectivity index (χ0n) is 14.3. The standard InChI is InChI=1S/C20H19N5O/c21-19-10-16-17-9-14(11-23-20(17)24-18(16)12-22-19)13-1-3-15(4-2-13)25-5-7-26-8-6-25/h1-4,9-12H,5-8H2,(H2,21,22)(H,23,24). The number of nitrogens with one attached hydrogen (secondary N) is 1. The lowest BCUT2D eigenvalue weighted by atomic mass is 10.1. The smallest absolute Gasteiger partial charge is 0.138 e. The Hall–Kier alpha value is -3.12. The number of morpholine rings is 1. The molecule has 0 saturated carbocycles. The first-order valence-electron chi connectivity index (χ1n) is 8.74. The lowest BCUT2D eigenvalue weighted by Crippen LogP contribution is -2.36. The van der Waals surface area contributed by atoms with Gasteiger partial charge in [0.25, 0.3) is 0 Å². The highest BCUT2D eigenvalue weighted by molar-refractivity contribution is 6.07. The van der Waals surface area contributed by atoms with E-state index in [2.05, 4.69) is 50.2 Å². The van der Waals surface area contributed by atoms with Crippen LogP contribution in [-0.4, -0.2) is 41.3 Å². The van der Waals surface area contributed by atoms with Gasteiger partial charge in [0, 0.05) is 41.3 Å². The van der Waals surface area contributed by atoms with E-state index in [4.69, 9.17) is 10.5 Å². The second kappa shape index (κ2) is 6.00. The second-order valence-corrected chi connectivity index (χ2v) is 6.55. The number of nitrogens with zero attached hydrogens (tertiary/aromatic N) is 3. The highest BCUT2D eigenvalue weighted by Crippen LogP contribution is 2.30. The van der Waals surface area contributed by atoms with E-state index in [-0.39, 0.29) is 0 Å². The SMILES string of the molecule is Nc1cc2c(cn1)[nH]c1ncc(-c3ccc(N4CCOCC4)cc3)cc12. The number of nitrogen functional groups attached to an aromatic ring is 1. The van der Waals surface area contributed by atoms with Crippen LogP contribution in [0, 0.1) is 0 Å². The summed E-state index contributed by atoms with van der Waals surface area (Å²) in [6, 6.07) is 12.7. The summed E-state index contributed by atoms with van der Waals surface area (Å²) >= 11 is 0. The fourth-order valence-corrected chi connectivity index (χ4v) is 3.54. The molecule has 0 unspecified atom stereocenters. The highest BCUT2D eigenvalue weighted by atomic mass is 16.5. The molecule has 1 aliphatic heterocycles. The molecule has 5 rings (SSSR count). The van der Waals surface area contributed by atoms with Crippen LogP contribution in [0.5, 0.6) is 0 Å². The van der Waals surface area contributed by atoms with Gasteiger partial charge in [0.2, 0.25) is 0 Å². The minimum absolute atomic E-state index is 0.513. The summed E-state index contributed by atoms with van der Waals surface area (Å²) in [5, 5.41) is 2.11. The van der Waals surface area contributed by atoms with Gasteiger partial charge in [-0.3, -0.25) is 0 Å².